The average molecular weight is 516 g/mol. The molecule has 0 saturated carbocycles. The van der Waals surface area contributed by atoms with E-state index in [0.29, 0.717) is 17.2 Å². The molecule has 0 bridgehead atoms. The third kappa shape index (κ3) is 5.77. The molecule has 1 atom stereocenters. The zero-order valence-corrected chi connectivity index (χ0v) is 21.5. The van der Waals surface area contributed by atoms with Gasteiger partial charge in [0.15, 0.2) is 0 Å². The van der Waals surface area contributed by atoms with E-state index in [9.17, 15) is 22.8 Å². The molecule has 0 aliphatic carbocycles. The minimum Gasteiger partial charge on any atom is -0.458 e. The predicted octanol–water partition coefficient (Wildman–Crippen LogP) is 1.93. The lowest BCUT2D eigenvalue weighted by atomic mass is 10.1. The fourth-order valence-corrected chi connectivity index (χ4v) is 5.61. The van der Waals surface area contributed by atoms with Crippen molar-refractivity contribution in [1.29, 1.82) is 0 Å². The van der Waals surface area contributed by atoms with Crippen LogP contribution in [0.2, 0.25) is 0 Å². The standard InChI is InChI=1S/C24H29N5O6S/c1-6-13-35-24(32)21-16(3)25-17(4)26-22(21)23(31)28-11-12-29(15(2)14-28)36(33,34)20-9-7-19(8-10-20)27-18(5)30/h6-10,15H,1,11-14H2,2-5H3,(H,27,30). The molecule has 2 aromatic rings. The SMILES string of the molecule is C=CCOC(=O)c1c(C)nc(C)nc1C(=O)N1CCN(S(=O)(=O)c2ccc(NC(C)=O)cc2)C(C)C1. The van der Waals surface area contributed by atoms with Gasteiger partial charge < -0.3 is 15.0 Å². The maximum atomic E-state index is 13.4. The summed E-state index contributed by atoms with van der Waals surface area (Å²) in [5.41, 5.74) is 0.709. The Morgan fingerprint density at radius 2 is 1.83 bits per heavy atom. The number of ether oxygens (including phenoxy) is 1. The van der Waals surface area contributed by atoms with Gasteiger partial charge in [-0.2, -0.15) is 4.31 Å². The molecule has 1 N–H and O–H groups in total. The third-order valence-corrected chi connectivity index (χ3v) is 7.60. The van der Waals surface area contributed by atoms with E-state index in [4.69, 9.17) is 4.74 Å². The van der Waals surface area contributed by atoms with Crippen molar-refractivity contribution in [1.82, 2.24) is 19.2 Å². The van der Waals surface area contributed by atoms with Gasteiger partial charge in [-0.05, 0) is 45.0 Å². The van der Waals surface area contributed by atoms with Crippen molar-refractivity contribution < 1.29 is 27.5 Å². The number of nitrogens with one attached hydrogen (secondary N) is 1. The van der Waals surface area contributed by atoms with Crippen LogP contribution in [-0.4, -0.2) is 77.7 Å². The summed E-state index contributed by atoms with van der Waals surface area (Å²) in [6.45, 7) is 10.0. The van der Waals surface area contributed by atoms with Crippen LogP contribution >= 0.6 is 0 Å². The van der Waals surface area contributed by atoms with Gasteiger partial charge in [0.25, 0.3) is 5.91 Å². The summed E-state index contributed by atoms with van der Waals surface area (Å²) >= 11 is 0. The number of hydrogen-bond donors (Lipinski definition) is 1. The van der Waals surface area contributed by atoms with Crippen molar-refractivity contribution in [2.45, 2.75) is 38.6 Å². The zero-order chi connectivity index (χ0) is 26.6. The van der Waals surface area contributed by atoms with Gasteiger partial charge in [-0.25, -0.2) is 23.2 Å². The van der Waals surface area contributed by atoms with Gasteiger partial charge in [0.05, 0.1) is 10.6 Å². The molecule has 36 heavy (non-hydrogen) atoms. The monoisotopic (exact) mass is 515 g/mol. The number of anilines is 1. The summed E-state index contributed by atoms with van der Waals surface area (Å²) < 4.78 is 33.0. The second-order valence-electron chi connectivity index (χ2n) is 8.39. The molecule has 12 heteroatoms. The molecule has 1 aromatic heterocycles. The van der Waals surface area contributed by atoms with Gasteiger partial charge in [0, 0.05) is 38.3 Å². The van der Waals surface area contributed by atoms with Crippen LogP contribution in [0.4, 0.5) is 5.69 Å². The Morgan fingerprint density at radius 3 is 2.42 bits per heavy atom. The molecule has 11 nitrogen and oxygen atoms in total. The first-order valence-electron chi connectivity index (χ1n) is 11.3. The Bertz CT molecular complexity index is 1290. The van der Waals surface area contributed by atoms with Crippen molar-refractivity contribution in [3.8, 4) is 0 Å². The number of carbonyl (C=O) groups excluding carboxylic acids is 3. The molecule has 2 amide bonds. The first kappa shape index (κ1) is 27.0. The Hall–Kier alpha value is -3.64. The number of benzene rings is 1. The summed E-state index contributed by atoms with van der Waals surface area (Å²) in [6.07, 6.45) is 1.42. The van der Waals surface area contributed by atoms with Crippen molar-refractivity contribution in [2.75, 3.05) is 31.6 Å². The number of carbonyl (C=O) groups is 3. The molecule has 1 fully saturated rings. The molecule has 1 aromatic carbocycles. The summed E-state index contributed by atoms with van der Waals surface area (Å²) in [4.78, 5) is 47.2. The topological polar surface area (TPSA) is 139 Å². The predicted molar refractivity (Wildman–Crippen MR) is 132 cm³/mol. The Kier molecular flexibility index (Phi) is 8.21. The number of hydrogen-bond acceptors (Lipinski definition) is 8. The number of esters is 1. The average Bonchev–Trinajstić information content (AvgIpc) is 2.81. The lowest BCUT2D eigenvalue weighted by Crippen LogP contribution is -2.55. The third-order valence-electron chi connectivity index (χ3n) is 5.58. The van der Waals surface area contributed by atoms with E-state index in [1.165, 1.54) is 46.5 Å². The molecule has 1 unspecified atom stereocenters. The number of nitrogens with zero attached hydrogens (tertiary/aromatic N) is 4. The highest BCUT2D eigenvalue weighted by Gasteiger charge is 2.37. The van der Waals surface area contributed by atoms with E-state index in [1.807, 2.05) is 0 Å². The number of amides is 2. The maximum Gasteiger partial charge on any atom is 0.342 e. The molecule has 1 aliphatic heterocycles. The van der Waals surface area contributed by atoms with E-state index < -0.39 is 27.9 Å². The lowest BCUT2D eigenvalue weighted by molar-refractivity contribution is -0.114. The Labute approximate surface area is 210 Å². The highest BCUT2D eigenvalue weighted by molar-refractivity contribution is 7.89. The van der Waals surface area contributed by atoms with E-state index in [0.717, 1.165) is 0 Å². The van der Waals surface area contributed by atoms with E-state index in [2.05, 4.69) is 21.9 Å². The molecule has 1 aliphatic rings. The van der Waals surface area contributed by atoms with Crippen LogP contribution in [0.5, 0.6) is 0 Å². The second kappa shape index (κ2) is 11.0. The molecular formula is C24H29N5O6S. The fourth-order valence-electron chi connectivity index (χ4n) is 4.00. The van der Waals surface area contributed by atoms with Gasteiger partial charge in [-0.1, -0.05) is 12.7 Å². The van der Waals surface area contributed by atoms with Gasteiger partial charge >= 0.3 is 5.97 Å². The van der Waals surface area contributed by atoms with Crippen LogP contribution in [0.15, 0.2) is 41.8 Å². The fraction of sp³-hybridized carbons (Fsp3) is 0.375. The number of sulfonamides is 1. The molecule has 1 saturated heterocycles. The molecule has 0 spiro atoms. The number of rotatable bonds is 7. The maximum absolute atomic E-state index is 13.4. The van der Waals surface area contributed by atoms with Gasteiger partial charge in [0.2, 0.25) is 15.9 Å². The summed E-state index contributed by atoms with van der Waals surface area (Å²) in [5.74, 6) is -1.16. The normalized spacial score (nSPS) is 16.3. The van der Waals surface area contributed by atoms with Crippen LogP contribution in [0, 0.1) is 13.8 Å². The van der Waals surface area contributed by atoms with E-state index in [-0.39, 0.29) is 48.3 Å². The number of piperazine rings is 1. The lowest BCUT2D eigenvalue weighted by Gasteiger charge is -2.39. The Morgan fingerprint density at radius 1 is 1.17 bits per heavy atom. The quantitative estimate of drug-likeness (QED) is 0.436. The number of aryl methyl sites for hydroxylation is 2. The highest BCUT2D eigenvalue weighted by atomic mass is 32.2. The van der Waals surface area contributed by atoms with Crippen molar-refractivity contribution in [3.05, 3.63) is 59.7 Å². The summed E-state index contributed by atoms with van der Waals surface area (Å²) in [6, 6.07) is 5.36. The summed E-state index contributed by atoms with van der Waals surface area (Å²) in [5, 5.41) is 2.60. The molecule has 2 heterocycles. The largest absolute Gasteiger partial charge is 0.458 e. The van der Waals surface area contributed by atoms with Crippen molar-refractivity contribution in [2.24, 2.45) is 0 Å². The van der Waals surface area contributed by atoms with E-state index >= 15 is 0 Å². The van der Waals surface area contributed by atoms with Gasteiger partial charge in [-0.15, -0.1) is 0 Å². The van der Waals surface area contributed by atoms with Crippen molar-refractivity contribution >= 4 is 33.5 Å². The summed E-state index contributed by atoms with van der Waals surface area (Å²) in [7, 11) is -3.84. The Balaban J connectivity index is 1.81. The van der Waals surface area contributed by atoms with Crippen LogP contribution in [0.1, 0.15) is 46.2 Å². The minimum atomic E-state index is -3.84. The first-order chi connectivity index (χ1) is 16.9. The minimum absolute atomic E-state index is 0.0191. The molecular weight excluding hydrogens is 486 g/mol. The second-order valence-corrected chi connectivity index (χ2v) is 10.3. The highest BCUT2D eigenvalue weighted by Crippen LogP contribution is 2.24. The van der Waals surface area contributed by atoms with E-state index in [1.54, 1.807) is 20.8 Å². The molecule has 0 radical (unpaired) electrons. The first-order valence-corrected chi connectivity index (χ1v) is 12.7. The van der Waals surface area contributed by atoms with Crippen LogP contribution < -0.4 is 5.32 Å². The van der Waals surface area contributed by atoms with Crippen LogP contribution in [0.25, 0.3) is 0 Å². The van der Waals surface area contributed by atoms with Crippen molar-refractivity contribution in [3.63, 3.8) is 0 Å². The molecule has 3 rings (SSSR count). The molecule has 192 valence electrons. The smallest absolute Gasteiger partial charge is 0.342 e. The van der Waals surface area contributed by atoms with Gasteiger partial charge in [0.1, 0.15) is 23.7 Å². The van der Waals surface area contributed by atoms with Crippen LogP contribution in [-0.2, 0) is 19.6 Å². The van der Waals surface area contributed by atoms with Crippen LogP contribution in [0.3, 0.4) is 0 Å². The zero-order valence-electron chi connectivity index (χ0n) is 20.6. The number of aromatic nitrogens is 2. The van der Waals surface area contributed by atoms with Gasteiger partial charge in [-0.3, -0.25) is 9.59 Å².